The van der Waals surface area contributed by atoms with Crippen LogP contribution in [0.5, 0.6) is 5.75 Å². The van der Waals surface area contributed by atoms with Crippen LogP contribution in [0.15, 0.2) is 79.0 Å². The van der Waals surface area contributed by atoms with Gasteiger partial charge in [-0.25, -0.2) is 9.78 Å². The molecule has 1 aromatic heterocycles. The van der Waals surface area contributed by atoms with Crippen LogP contribution in [0.2, 0.25) is 0 Å². The molecule has 0 bridgehead atoms. The highest BCUT2D eigenvalue weighted by Gasteiger charge is 2.07. The molecule has 2 aromatic carbocycles. The van der Waals surface area contributed by atoms with Crippen LogP contribution in [0.3, 0.4) is 0 Å². The Morgan fingerprint density at radius 3 is 2.19 bits per heavy atom. The number of esters is 1. The van der Waals surface area contributed by atoms with Crippen LogP contribution in [0, 0.1) is 0 Å². The third-order valence-corrected chi connectivity index (χ3v) is 3.61. The normalized spacial score (nSPS) is 10.6. The van der Waals surface area contributed by atoms with Crippen molar-refractivity contribution in [1.29, 1.82) is 0 Å². The zero-order valence-electron chi connectivity index (χ0n) is 14.2. The lowest BCUT2D eigenvalue weighted by Gasteiger charge is -2.07. The molecular weight excluding hydrogens is 326 g/mol. The maximum absolute atomic E-state index is 11.7. The molecule has 0 spiro atoms. The molecule has 0 atom stereocenters. The van der Waals surface area contributed by atoms with Gasteiger partial charge in [-0.05, 0) is 35.4 Å². The molecule has 0 radical (unpaired) electrons. The van der Waals surface area contributed by atoms with Crippen molar-refractivity contribution in [2.45, 2.75) is 0 Å². The first-order valence-corrected chi connectivity index (χ1v) is 8.35. The van der Waals surface area contributed by atoms with Crippen LogP contribution in [0.4, 0.5) is 0 Å². The second-order valence-electron chi connectivity index (χ2n) is 5.51. The number of hydrogen-bond acceptors (Lipinski definition) is 4. The average Bonchev–Trinajstić information content (AvgIpc) is 2.72. The number of carbonyl (C=O) groups is 1. The number of nitrogens with zero attached hydrogens (tertiary/aromatic N) is 1. The van der Waals surface area contributed by atoms with Crippen LogP contribution in [0.25, 0.3) is 12.2 Å². The molecule has 0 aliphatic carbocycles. The summed E-state index contributed by atoms with van der Waals surface area (Å²) in [5.74, 6) is 0.284. The van der Waals surface area contributed by atoms with Crippen molar-refractivity contribution in [3.05, 3.63) is 95.8 Å². The van der Waals surface area contributed by atoms with Gasteiger partial charge in [0.1, 0.15) is 24.7 Å². The van der Waals surface area contributed by atoms with Crippen LogP contribution in [0.1, 0.15) is 21.6 Å². The summed E-state index contributed by atoms with van der Waals surface area (Å²) in [6.45, 7) is 0.461. The largest absolute Gasteiger partial charge is 0.490 e. The average molecular weight is 345 g/mol. The predicted molar refractivity (Wildman–Crippen MR) is 102 cm³/mol. The Hall–Kier alpha value is -3.40. The van der Waals surface area contributed by atoms with E-state index >= 15 is 0 Å². The van der Waals surface area contributed by atoms with Crippen LogP contribution in [-0.2, 0) is 4.74 Å². The van der Waals surface area contributed by atoms with Gasteiger partial charge in [0, 0.05) is 6.20 Å². The quantitative estimate of drug-likeness (QED) is 0.360. The first-order chi connectivity index (χ1) is 12.8. The van der Waals surface area contributed by atoms with E-state index < -0.39 is 5.97 Å². The van der Waals surface area contributed by atoms with Crippen LogP contribution >= 0.6 is 0 Å². The van der Waals surface area contributed by atoms with E-state index in [-0.39, 0.29) is 13.2 Å². The molecule has 0 unspecified atom stereocenters. The van der Waals surface area contributed by atoms with E-state index in [1.54, 1.807) is 24.4 Å². The summed E-state index contributed by atoms with van der Waals surface area (Å²) in [7, 11) is 0. The molecule has 4 nitrogen and oxygen atoms in total. The second kappa shape index (κ2) is 9.18. The summed E-state index contributed by atoms with van der Waals surface area (Å²) in [6, 6.07) is 23.0. The fourth-order valence-electron chi connectivity index (χ4n) is 2.28. The van der Waals surface area contributed by atoms with Crippen LogP contribution < -0.4 is 4.74 Å². The van der Waals surface area contributed by atoms with Crippen molar-refractivity contribution < 1.29 is 14.3 Å². The molecule has 130 valence electrons. The first-order valence-electron chi connectivity index (χ1n) is 8.35. The Morgan fingerprint density at radius 1 is 0.808 bits per heavy atom. The van der Waals surface area contributed by atoms with E-state index in [9.17, 15) is 4.79 Å². The number of hydrogen-bond donors (Lipinski definition) is 0. The van der Waals surface area contributed by atoms with Gasteiger partial charge in [-0.2, -0.15) is 0 Å². The summed E-state index contributed by atoms with van der Waals surface area (Å²) >= 11 is 0. The Bertz CT molecular complexity index is 844. The number of benzene rings is 2. The Kier molecular flexibility index (Phi) is 6.15. The van der Waals surface area contributed by atoms with Gasteiger partial charge in [-0.1, -0.05) is 60.7 Å². The number of ether oxygens (including phenoxy) is 2. The molecule has 0 saturated heterocycles. The molecule has 1 heterocycles. The molecule has 0 aliphatic rings. The maximum atomic E-state index is 11.7. The fourth-order valence-corrected chi connectivity index (χ4v) is 2.28. The molecule has 26 heavy (non-hydrogen) atoms. The molecule has 0 N–H and O–H groups in total. The Labute approximate surface area is 152 Å². The molecule has 0 fully saturated rings. The lowest BCUT2D eigenvalue weighted by molar-refractivity contribution is 0.0443. The summed E-state index contributed by atoms with van der Waals surface area (Å²) in [4.78, 5) is 15.7. The zero-order chi connectivity index (χ0) is 18.0. The lowest BCUT2D eigenvalue weighted by Crippen LogP contribution is -2.13. The van der Waals surface area contributed by atoms with Gasteiger partial charge < -0.3 is 9.47 Å². The third-order valence-electron chi connectivity index (χ3n) is 3.61. The summed E-state index contributed by atoms with van der Waals surface area (Å²) in [5, 5.41) is 0. The topological polar surface area (TPSA) is 48.4 Å². The molecular formula is C22H19NO3. The highest BCUT2D eigenvalue weighted by atomic mass is 16.6. The van der Waals surface area contributed by atoms with Gasteiger partial charge in [-0.3, -0.25) is 0 Å². The van der Waals surface area contributed by atoms with Gasteiger partial charge in [-0.15, -0.1) is 0 Å². The molecule has 0 saturated carbocycles. The molecule has 0 aliphatic heterocycles. The molecule has 3 aromatic rings. The molecule has 4 heteroatoms. The minimum Gasteiger partial charge on any atom is -0.490 e. The van der Waals surface area contributed by atoms with Gasteiger partial charge >= 0.3 is 5.97 Å². The van der Waals surface area contributed by atoms with E-state index in [1.165, 1.54) is 0 Å². The highest BCUT2D eigenvalue weighted by Crippen LogP contribution is 2.14. The monoisotopic (exact) mass is 345 g/mol. The number of carbonyl (C=O) groups excluding carboxylic acids is 1. The van der Waals surface area contributed by atoms with E-state index in [0.717, 1.165) is 16.9 Å². The van der Waals surface area contributed by atoms with Gasteiger partial charge in [0.25, 0.3) is 0 Å². The van der Waals surface area contributed by atoms with E-state index in [2.05, 4.69) is 23.2 Å². The molecule has 3 rings (SSSR count). The summed E-state index contributed by atoms with van der Waals surface area (Å²) in [6.07, 6.45) is 5.67. The Balaban J connectivity index is 1.43. The number of pyridine rings is 1. The summed E-state index contributed by atoms with van der Waals surface area (Å²) < 4.78 is 10.7. The van der Waals surface area contributed by atoms with Crippen molar-refractivity contribution in [2.24, 2.45) is 0 Å². The third kappa shape index (κ3) is 5.31. The van der Waals surface area contributed by atoms with Crippen molar-refractivity contribution >= 4 is 18.1 Å². The smallest absolute Gasteiger partial charge is 0.357 e. The number of aromatic nitrogens is 1. The van der Waals surface area contributed by atoms with Crippen LogP contribution in [-0.4, -0.2) is 24.2 Å². The van der Waals surface area contributed by atoms with Gasteiger partial charge in [0.2, 0.25) is 0 Å². The van der Waals surface area contributed by atoms with Crippen molar-refractivity contribution in [1.82, 2.24) is 4.98 Å². The lowest BCUT2D eigenvalue weighted by atomic mass is 10.1. The van der Waals surface area contributed by atoms with E-state index in [4.69, 9.17) is 9.47 Å². The SMILES string of the molecule is O=C(OCCOc1ccc(/C=C/c2ccccc2)cc1)c1ccccn1. The second-order valence-corrected chi connectivity index (χ2v) is 5.51. The van der Waals surface area contributed by atoms with Crippen molar-refractivity contribution in [3.63, 3.8) is 0 Å². The highest BCUT2D eigenvalue weighted by molar-refractivity contribution is 5.87. The van der Waals surface area contributed by atoms with Gasteiger partial charge in [0.05, 0.1) is 0 Å². The number of rotatable bonds is 7. The maximum Gasteiger partial charge on any atom is 0.357 e. The standard InChI is InChI=1S/C22H19NO3/c24-22(21-8-4-5-15-23-21)26-17-16-25-20-13-11-19(12-14-20)10-9-18-6-2-1-3-7-18/h1-15H,16-17H2/b10-9+. The summed E-state index contributed by atoms with van der Waals surface area (Å²) in [5.41, 5.74) is 2.53. The Morgan fingerprint density at radius 2 is 1.50 bits per heavy atom. The molecule has 0 amide bonds. The predicted octanol–water partition coefficient (Wildman–Crippen LogP) is 4.49. The van der Waals surface area contributed by atoms with Gasteiger partial charge in [0.15, 0.2) is 0 Å². The fraction of sp³-hybridized carbons (Fsp3) is 0.0909. The minimum absolute atomic E-state index is 0.172. The minimum atomic E-state index is -0.449. The van der Waals surface area contributed by atoms with E-state index in [0.29, 0.717) is 5.69 Å². The van der Waals surface area contributed by atoms with Crippen molar-refractivity contribution in [3.8, 4) is 5.75 Å². The first kappa shape index (κ1) is 17.4. The van der Waals surface area contributed by atoms with Crippen molar-refractivity contribution in [2.75, 3.05) is 13.2 Å². The van der Waals surface area contributed by atoms with E-state index in [1.807, 2.05) is 48.5 Å². The zero-order valence-corrected chi connectivity index (χ0v) is 14.2.